The molecule has 6 nitrogen and oxygen atoms in total. The molecule has 0 saturated carbocycles. The molecular formula is C24H34N2O4. The minimum absolute atomic E-state index is 0.0312. The SMILES string of the molecule is COC(=O)CN.COc1ccc(CN(C)C)c(OC)c1C1CCc2c(C)cccc21. The first-order chi connectivity index (χ1) is 14.4. The lowest BCUT2D eigenvalue weighted by Gasteiger charge is -2.23. The highest BCUT2D eigenvalue weighted by atomic mass is 16.5. The van der Waals surface area contributed by atoms with Crippen LogP contribution in [0.5, 0.6) is 11.5 Å². The summed E-state index contributed by atoms with van der Waals surface area (Å²) in [5.41, 5.74) is 11.5. The first-order valence-electron chi connectivity index (χ1n) is 10.1. The van der Waals surface area contributed by atoms with Crippen LogP contribution in [0.15, 0.2) is 30.3 Å². The molecule has 6 heteroatoms. The van der Waals surface area contributed by atoms with Gasteiger partial charge in [-0.25, -0.2) is 0 Å². The molecular weight excluding hydrogens is 380 g/mol. The fourth-order valence-electron chi connectivity index (χ4n) is 4.06. The first-order valence-corrected chi connectivity index (χ1v) is 10.1. The van der Waals surface area contributed by atoms with Crippen LogP contribution in [0.2, 0.25) is 0 Å². The first kappa shape index (κ1) is 23.7. The minimum Gasteiger partial charge on any atom is -0.496 e. The Balaban J connectivity index is 0.000000469. The van der Waals surface area contributed by atoms with E-state index in [-0.39, 0.29) is 12.5 Å². The van der Waals surface area contributed by atoms with Gasteiger partial charge >= 0.3 is 5.97 Å². The molecule has 2 aromatic rings. The Hall–Kier alpha value is -2.57. The average Bonchev–Trinajstić information content (AvgIpc) is 3.18. The summed E-state index contributed by atoms with van der Waals surface area (Å²) in [6.07, 6.45) is 2.23. The van der Waals surface area contributed by atoms with Crippen LogP contribution in [-0.2, 0) is 22.5 Å². The number of ether oxygens (including phenoxy) is 3. The molecule has 2 aromatic carbocycles. The van der Waals surface area contributed by atoms with E-state index >= 15 is 0 Å². The molecule has 1 unspecified atom stereocenters. The lowest BCUT2D eigenvalue weighted by atomic mass is 9.89. The van der Waals surface area contributed by atoms with E-state index in [0.29, 0.717) is 5.92 Å². The Kier molecular flexibility index (Phi) is 8.69. The highest BCUT2D eigenvalue weighted by molar-refractivity contribution is 5.71. The molecule has 0 radical (unpaired) electrons. The van der Waals surface area contributed by atoms with Crippen LogP contribution >= 0.6 is 0 Å². The van der Waals surface area contributed by atoms with Crippen molar-refractivity contribution in [3.05, 3.63) is 58.1 Å². The second-order valence-electron chi connectivity index (χ2n) is 7.63. The van der Waals surface area contributed by atoms with E-state index in [1.165, 1.54) is 34.9 Å². The number of rotatable bonds is 6. The third-order valence-corrected chi connectivity index (χ3v) is 5.40. The van der Waals surface area contributed by atoms with Gasteiger partial charge in [-0.15, -0.1) is 0 Å². The number of nitrogens with two attached hydrogens (primary N) is 1. The van der Waals surface area contributed by atoms with Crippen LogP contribution < -0.4 is 15.2 Å². The van der Waals surface area contributed by atoms with Crippen molar-refractivity contribution < 1.29 is 19.0 Å². The lowest BCUT2D eigenvalue weighted by molar-refractivity contribution is -0.138. The second kappa shape index (κ2) is 11.0. The molecule has 0 saturated heterocycles. The number of methoxy groups -OCH3 is 3. The number of carbonyl (C=O) groups is 1. The van der Waals surface area contributed by atoms with Gasteiger partial charge in [-0.1, -0.05) is 24.3 Å². The number of hydrogen-bond donors (Lipinski definition) is 1. The van der Waals surface area contributed by atoms with Gasteiger partial charge in [0.25, 0.3) is 0 Å². The summed E-state index contributed by atoms with van der Waals surface area (Å²) in [7, 11) is 8.98. The molecule has 1 aliphatic rings. The number of esters is 1. The maximum atomic E-state index is 9.83. The van der Waals surface area contributed by atoms with Crippen LogP contribution in [0.25, 0.3) is 0 Å². The number of carbonyl (C=O) groups excluding carboxylic acids is 1. The topological polar surface area (TPSA) is 74.0 Å². The van der Waals surface area contributed by atoms with Crippen molar-refractivity contribution in [3.8, 4) is 11.5 Å². The fourth-order valence-corrected chi connectivity index (χ4v) is 4.06. The van der Waals surface area contributed by atoms with Gasteiger partial charge in [0.1, 0.15) is 11.5 Å². The molecule has 0 aliphatic heterocycles. The smallest absolute Gasteiger partial charge is 0.319 e. The van der Waals surface area contributed by atoms with E-state index < -0.39 is 0 Å². The van der Waals surface area contributed by atoms with Gasteiger partial charge in [0, 0.05) is 23.6 Å². The minimum atomic E-state index is -0.380. The van der Waals surface area contributed by atoms with Crippen molar-refractivity contribution in [2.24, 2.45) is 5.73 Å². The zero-order valence-corrected chi connectivity index (χ0v) is 19.0. The maximum absolute atomic E-state index is 9.83. The van der Waals surface area contributed by atoms with Gasteiger partial charge in [-0.05, 0) is 56.6 Å². The summed E-state index contributed by atoms with van der Waals surface area (Å²) in [6, 6.07) is 10.8. The zero-order valence-electron chi connectivity index (χ0n) is 19.0. The summed E-state index contributed by atoms with van der Waals surface area (Å²) in [5.74, 6) is 1.86. The van der Waals surface area contributed by atoms with Gasteiger partial charge in [0.2, 0.25) is 0 Å². The standard InChI is InChI=1S/C21H27NO2.C3H7NO2/c1-14-7-6-8-17-16(14)10-11-18(17)20-19(23-4)12-9-15(13-22(2)3)21(20)24-5;1-6-3(5)2-4/h6-9,12,18H,10-11,13H2,1-5H3;2,4H2,1H3. The molecule has 0 spiro atoms. The van der Waals surface area contributed by atoms with Crippen molar-refractivity contribution in [2.75, 3.05) is 42.0 Å². The molecule has 1 aliphatic carbocycles. The van der Waals surface area contributed by atoms with E-state index in [0.717, 1.165) is 30.9 Å². The molecule has 0 bridgehead atoms. The van der Waals surface area contributed by atoms with Gasteiger partial charge in [-0.3, -0.25) is 4.79 Å². The Labute approximate surface area is 179 Å². The van der Waals surface area contributed by atoms with Crippen molar-refractivity contribution >= 4 is 5.97 Å². The van der Waals surface area contributed by atoms with E-state index in [2.05, 4.69) is 61.0 Å². The van der Waals surface area contributed by atoms with Crippen LogP contribution in [0.3, 0.4) is 0 Å². The van der Waals surface area contributed by atoms with E-state index in [1.807, 2.05) is 0 Å². The summed E-state index contributed by atoms with van der Waals surface area (Å²) < 4.78 is 15.7. The maximum Gasteiger partial charge on any atom is 0.319 e. The van der Waals surface area contributed by atoms with E-state index in [4.69, 9.17) is 15.2 Å². The Morgan fingerprint density at radius 1 is 1.13 bits per heavy atom. The lowest BCUT2D eigenvalue weighted by Crippen LogP contribution is -2.14. The normalized spacial score (nSPS) is 14.6. The monoisotopic (exact) mass is 414 g/mol. The summed E-state index contributed by atoms with van der Waals surface area (Å²) in [5, 5.41) is 0. The zero-order chi connectivity index (χ0) is 22.3. The predicted molar refractivity (Wildman–Crippen MR) is 119 cm³/mol. The molecule has 1 atom stereocenters. The molecule has 0 heterocycles. The second-order valence-corrected chi connectivity index (χ2v) is 7.63. The molecule has 0 fully saturated rings. The average molecular weight is 415 g/mol. The summed E-state index contributed by atoms with van der Waals surface area (Å²) in [6.45, 7) is 3.03. The van der Waals surface area contributed by atoms with Gasteiger partial charge in [0.15, 0.2) is 0 Å². The number of aryl methyl sites for hydroxylation is 1. The molecule has 0 amide bonds. The number of benzene rings is 2. The van der Waals surface area contributed by atoms with Crippen LogP contribution in [-0.4, -0.2) is 52.8 Å². The fraction of sp³-hybridized carbons (Fsp3) is 0.458. The predicted octanol–water partition coefficient (Wildman–Crippen LogP) is 3.27. The van der Waals surface area contributed by atoms with Crippen molar-refractivity contribution in [2.45, 2.75) is 32.2 Å². The van der Waals surface area contributed by atoms with E-state index in [9.17, 15) is 4.79 Å². The van der Waals surface area contributed by atoms with Crippen LogP contribution in [0, 0.1) is 6.92 Å². The van der Waals surface area contributed by atoms with Crippen molar-refractivity contribution in [3.63, 3.8) is 0 Å². The largest absolute Gasteiger partial charge is 0.496 e. The third kappa shape index (κ3) is 5.32. The number of hydrogen-bond acceptors (Lipinski definition) is 6. The molecule has 3 rings (SSSR count). The van der Waals surface area contributed by atoms with Crippen LogP contribution in [0.1, 0.15) is 40.2 Å². The van der Waals surface area contributed by atoms with E-state index in [1.54, 1.807) is 14.2 Å². The third-order valence-electron chi connectivity index (χ3n) is 5.40. The van der Waals surface area contributed by atoms with Crippen molar-refractivity contribution in [1.82, 2.24) is 4.90 Å². The highest BCUT2D eigenvalue weighted by Gasteiger charge is 2.31. The Morgan fingerprint density at radius 2 is 1.87 bits per heavy atom. The molecule has 30 heavy (non-hydrogen) atoms. The number of fused-ring (bicyclic) bond motifs is 1. The van der Waals surface area contributed by atoms with Gasteiger partial charge < -0.3 is 24.8 Å². The van der Waals surface area contributed by atoms with Gasteiger partial charge in [-0.2, -0.15) is 0 Å². The molecule has 0 aromatic heterocycles. The quantitative estimate of drug-likeness (QED) is 0.732. The Bertz CT molecular complexity index is 859. The Morgan fingerprint density at radius 3 is 2.40 bits per heavy atom. The number of nitrogens with zero attached hydrogens (tertiary/aromatic N) is 1. The van der Waals surface area contributed by atoms with Crippen molar-refractivity contribution in [1.29, 1.82) is 0 Å². The molecule has 164 valence electrons. The summed E-state index contributed by atoms with van der Waals surface area (Å²) in [4.78, 5) is 12.0. The molecule has 2 N–H and O–H groups in total. The highest BCUT2D eigenvalue weighted by Crippen LogP contribution is 2.47. The summed E-state index contributed by atoms with van der Waals surface area (Å²) >= 11 is 0. The van der Waals surface area contributed by atoms with Gasteiger partial charge in [0.05, 0.1) is 27.9 Å². The van der Waals surface area contributed by atoms with Crippen LogP contribution in [0.4, 0.5) is 0 Å².